The van der Waals surface area contributed by atoms with E-state index in [1.54, 1.807) is 30.3 Å². The summed E-state index contributed by atoms with van der Waals surface area (Å²) in [5.74, 6) is 0.715. The fourth-order valence-corrected chi connectivity index (χ4v) is 2.81. The van der Waals surface area contributed by atoms with Gasteiger partial charge in [0.15, 0.2) is 5.78 Å². The Hall–Kier alpha value is -2.26. The van der Waals surface area contributed by atoms with Crippen molar-refractivity contribution >= 4 is 28.4 Å². The fourth-order valence-electron chi connectivity index (χ4n) is 2.64. The average Bonchev–Trinajstić information content (AvgIpc) is 2.90. The SMILES string of the molecule is CCCCc1oc2ccc(Cl)cc2c1C(=O)c1ccc(O)cc1. The van der Waals surface area contributed by atoms with Crippen molar-refractivity contribution in [2.24, 2.45) is 0 Å². The van der Waals surface area contributed by atoms with Crippen molar-refractivity contribution in [3.05, 3.63) is 64.4 Å². The molecule has 118 valence electrons. The van der Waals surface area contributed by atoms with Gasteiger partial charge in [-0.05, 0) is 48.9 Å². The van der Waals surface area contributed by atoms with E-state index in [-0.39, 0.29) is 11.5 Å². The molecule has 1 N–H and O–H groups in total. The van der Waals surface area contributed by atoms with Crippen LogP contribution in [0.3, 0.4) is 0 Å². The Morgan fingerprint density at radius 1 is 1.17 bits per heavy atom. The lowest BCUT2D eigenvalue weighted by Gasteiger charge is -2.03. The molecule has 3 aromatic rings. The lowest BCUT2D eigenvalue weighted by Crippen LogP contribution is -2.03. The lowest BCUT2D eigenvalue weighted by molar-refractivity contribution is 0.103. The third kappa shape index (κ3) is 3.10. The van der Waals surface area contributed by atoms with E-state index in [0.29, 0.717) is 33.9 Å². The third-order valence-corrected chi connectivity index (χ3v) is 4.07. The lowest BCUT2D eigenvalue weighted by atomic mass is 9.98. The molecule has 0 aliphatic rings. The van der Waals surface area contributed by atoms with E-state index in [4.69, 9.17) is 16.0 Å². The fraction of sp³-hybridized carbons (Fsp3) is 0.211. The molecule has 0 amide bonds. The Kier molecular flexibility index (Phi) is 4.39. The minimum Gasteiger partial charge on any atom is -0.508 e. The number of phenolic OH excluding ortho intramolecular Hbond substituents is 1. The normalized spacial score (nSPS) is 11.0. The van der Waals surface area contributed by atoms with E-state index in [2.05, 4.69) is 6.92 Å². The van der Waals surface area contributed by atoms with Gasteiger partial charge in [0.05, 0.1) is 5.56 Å². The molecule has 0 bridgehead atoms. The number of carbonyl (C=O) groups excluding carboxylic acids is 1. The summed E-state index contributed by atoms with van der Waals surface area (Å²) in [5.41, 5.74) is 1.76. The minimum atomic E-state index is -0.114. The van der Waals surface area contributed by atoms with Crippen molar-refractivity contribution < 1.29 is 14.3 Å². The van der Waals surface area contributed by atoms with Crippen molar-refractivity contribution in [2.75, 3.05) is 0 Å². The Labute approximate surface area is 139 Å². The number of halogens is 1. The summed E-state index contributed by atoms with van der Waals surface area (Å²) in [6, 6.07) is 11.6. The monoisotopic (exact) mass is 328 g/mol. The molecule has 0 spiro atoms. The van der Waals surface area contributed by atoms with Gasteiger partial charge in [-0.3, -0.25) is 4.79 Å². The molecule has 2 aromatic carbocycles. The Morgan fingerprint density at radius 3 is 2.61 bits per heavy atom. The van der Waals surface area contributed by atoms with E-state index >= 15 is 0 Å². The number of hydrogen-bond acceptors (Lipinski definition) is 3. The molecule has 3 rings (SSSR count). The maximum atomic E-state index is 12.9. The van der Waals surface area contributed by atoms with Crippen LogP contribution in [0.4, 0.5) is 0 Å². The van der Waals surface area contributed by atoms with Crippen molar-refractivity contribution in [2.45, 2.75) is 26.2 Å². The first-order chi connectivity index (χ1) is 11.1. The molecule has 0 radical (unpaired) electrons. The summed E-state index contributed by atoms with van der Waals surface area (Å²) in [5, 5.41) is 10.7. The molecule has 0 fully saturated rings. The van der Waals surface area contributed by atoms with Gasteiger partial charge in [0.2, 0.25) is 0 Å². The highest BCUT2D eigenvalue weighted by molar-refractivity contribution is 6.31. The van der Waals surface area contributed by atoms with Gasteiger partial charge in [-0.25, -0.2) is 0 Å². The summed E-state index contributed by atoms with van der Waals surface area (Å²) in [6.07, 6.45) is 2.68. The molecule has 0 saturated heterocycles. The van der Waals surface area contributed by atoms with Crippen LogP contribution in [-0.4, -0.2) is 10.9 Å². The summed E-state index contributed by atoms with van der Waals surface area (Å²) in [4.78, 5) is 12.9. The maximum Gasteiger partial charge on any atom is 0.197 e. The van der Waals surface area contributed by atoms with Gasteiger partial charge in [-0.1, -0.05) is 24.9 Å². The largest absolute Gasteiger partial charge is 0.508 e. The highest BCUT2D eigenvalue weighted by Crippen LogP contribution is 2.31. The molecule has 0 aliphatic heterocycles. The molecular weight excluding hydrogens is 312 g/mol. The van der Waals surface area contributed by atoms with E-state index < -0.39 is 0 Å². The molecule has 1 aromatic heterocycles. The average molecular weight is 329 g/mol. The van der Waals surface area contributed by atoms with Crippen molar-refractivity contribution in [3.8, 4) is 5.75 Å². The molecule has 0 aliphatic carbocycles. The predicted molar refractivity (Wildman–Crippen MR) is 91.4 cm³/mol. The molecular formula is C19H17ClO3. The molecule has 0 saturated carbocycles. The van der Waals surface area contributed by atoms with Crippen LogP contribution in [0.5, 0.6) is 5.75 Å². The summed E-state index contributed by atoms with van der Waals surface area (Å²) >= 11 is 6.09. The molecule has 3 nitrogen and oxygen atoms in total. The van der Waals surface area contributed by atoms with Gasteiger partial charge in [0.1, 0.15) is 17.1 Å². The van der Waals surface area contributed by atoms with E-state index in [9.17, 15) is 9.90 Å². The predicted octanol–water partition coefficient (Wildman–Crippen LogP) is 5.37. The zero-order chi connectivity index (χ0) is 16.4. The first kappa shape index (κ1) is 15.6. The van der Waals surface area contributed by atoms with Crippen LogP contribution in [0.25, 0.3) is 11.0 Å². The maximum absolute atomic E-state index is 12.9. The second-order valence-corrected chi connectivity index (χ2v) is 5.96. The van der Waals surface area contributed by atoms with Gasteiger partial charge >= 0.3 is 0 Å². The van der Waals surface area contributed by atoms with Gasteiger partial charge < -0.3 is 9.52 Å². The number of aryl methyl sites for hydroxylation is 1. The number of ketones is 1. The highest BCUT2D eigenvalue weighted by Gasteiger charge is 2.22. The first-order valence-corrected chi connectivity index (χ1v) is 8.02. The number of hydrogen-bond donors (Lipinski definition) is 1. The minimum absolute atomic E-state index is 0.114. The quantitative estimate of drug-likeness (QED) is 0.641. The zero-order valence-electron chi connectivity index (χ0n) is 12.8. The van der Waals surface area contributed by atoms with E-state index in [0.717, 1.165) is 18.2 Å². The summed E-state index contributed by atoms with van der Waals surface area (Å²) < 4.78 is 5.89. The van der Waals surface area contributed by atoms with Crippen molar-refractivity contribution in [3.63, 3.8) is 0 Å². The second kappa shape index (κ2) is 6.47. The third-order valence-electron chi connectivity index (χ3n) is 3.84. The van der Waals surface area contributed by atoms with Gasteiger partial charge in [0.25, 0.3) is 0 Å². The van der Waals surface area contributed by atoms with Gasteiger partial charge in [-0.2, -0.15) is 0 Å². The van der Waals surface area contributed by atoms with Gasteiger partial charge in [-0.15, -0.1) is 0 Å². The summed E-state index contributed by atoms with van der Waals surface area (Å²) in [6.45, 7) is 2.10. The van der Waals surface area contributed by atoms with Crippen LogP contribution in [0.15, 0.2) is 46.9 Å². The topological polar surface area (TPSA) is 50.4 Å². The van der Waals surface area contributed by atoms with Gasteiger partial charge in [0, 0.05) is 22.4 Å². The number of phenols is 1. The highest BCUT2D eigenvalue weighted by atomic mass is 35.5. The molecule has 23 heavy (non-hydrogen) atoms. The van der Waals surface area contributed by atoms with E-state index in [1.165, 1.54) is 12.1 Å². The number of aromatic hydroxyl groups is 1. The number of furan rings is 1. The molecule has 0 atom stereocenters. The number of benzene rings is 2. The van der Waals surface area contributed by atoms with Crippen LogP contribution in [0, 0.1) is 0 Å². The Bertz CT molecular complexity index is 847. The Morgan fingerprint density at radius 2 is 1.91 bits per heavy atom. The standard InChI is InChI=1S/C19H17ClO3/c1-2-3-4-17-18(15-11-13(20)7-10-16(15)23-17)19(22)12-5-8-14(21)9-6-12/h5-11,21H,2-4H2,1H3. The zero-order valence-corrected chi connectivity index (χ0v) is 13.6. The van der Waals surface area contributed by atoms with Crippen LogP contribution < -0.4 is 0 Å². The smallest absolute Gasteiger partial charge is 0.197 e. The van der Waals surface area contributed by atoms with Crippen molar-refractivity contribution in [1.82, 2.24) is 0 Å². The number of unbranched alkanes of at least 4 members (excludes halogenated alkanes) is 1. The van der Waals surface area contributed by atoms with Crippen LogP contribution in [0.1, 0.15) is 41.4 Å². The van der Waals surface area contributed by atoms with Crippen molar-refractivity contribution in [1.29, 1.82) is 0 Å². The Balaban J connectivity index is 2.14. The van der Waals surface area contributed by atoms with Crippen LogP contribution in [-0.2, 0) is 6.42 Å². The van der Waals surface area contributed by atoms with Crippen LogP contribution >= 0.6 is 11.6 Å². The molecule has 0 unspecified atom stereocenters. The summed E-state index contributed by atoms with van der Waals surface area (Å²) in [7, 11) is 0. The molecule has 4 heteroatoms. The van der Waals surface area contributed by atoms with E-state index in [1.807, 2.05) is 0 Å². The number of rotatable bonds is 5. The second-order valence-electron chi connectivity index (χ2n) is 5.52. The number of carbonyl (C=O) groups is 1. The number of fused-ring (bicyclic) bond motifs is 1. The molecule has 1 heterocycles. The first-order valence-electron chi connectivity index (χ1n) is 7.65. The van der Waals surface area contributed by atoms with Crippen LogP contribution in [0.2, 0.25) is 5.02 Å².